The van der Waals surface area contributed by atoms with Crippen molar-refractivity contribution in [3.8, 4) is 0 Å². The lowest BCUT2D eigenvalue weighted by Gasteiger charge is -2.32. The number of nitrogens with two attached hydrogens (primary N) is 1. The van der Waals surface area contributed by atoms with Crippen LogP contribution in [-0.4, -0.2) is 74.3 Å². The normalized spacial score (nSPS) is 18.2. The molecule has 2 rings (SSSR count). The fourth-order valence-electron chi connectivity index (χ4n) is 2.27. The number of nitrogens with zero attached hydrogens (tertiary/aromatic N) is 4. The standard InChI is InChI=1S/C12H24N6O2S/c1-3-18-10-11(12(13)15-18)21(19,20)14-4-5-17-8-6-16(2)7-9-17/h10,14H,3-9H2,1-2H3,(H2,13,15). The third-order valence-corrected chi connectivity index (χ3v) is 5.16. The Morgan fingerprint density at radius 2 is 2.00 bits per heavy atom. The maximum atomic E-state index is 12.2. The zero-order valence-corrected chi connectivity index (χ0v) is 13.4. The highest BCUT2D eigenvalue weighted by Crippen LogP contribution is 2.15. The van der Waals surface area contributed by atoms with Crippen LogP contribution in [0.25, 0.3) is 0 Å². The van der Waals surface area contributed by atoms with E-state index in [1.54, 1.807) is 0 Å². The van der Waals surface area contributed by atoms with Crippen LogP contribution in [-0.2, 0) is 16.6 Å². The van der Waals surface area contributed by atoms with Gasteiger partial charge in [0.15, 0.2) is 5.82 Å². The predicted octanol–water partition coefficient (Wildman–Crippen LogP) is -0.989. The van der Waals surface area contributed by atoms with Gasteiger partial charge in [-0.05, 0) is 14.0 Å². The summed E-state index contributed by atoms with van der Waals surface area (Å²) in [7, 11) is -1.50. The average Bonchev–Trinajstić information content (AvgIpc) is 2.83. The van der Waals surface area contributed by atoms with Gasteiger partial charge in [-0.25, -0.2) is 13.1 Å². The number of piperazine rings is 1. The molecular weight excluding hydrogens is 292 g/mol. The average molecular weight is 316 g/mol. The van der Waals surface area contributed by atoms with Crippen molar-refractivity contribution in [3.05, 3.63) is 6.20 Å². The van der Waals surface area contributed by atoms with Gasteiger partial charge in [0.2, 0.25) is 10.0 Å². The van der Waals surface area contributed by atoms with Gasteiger partial charge in [-0.2, -0.15) is 5.10 Å². The maximum absolute atomic E-state index is 12.2. The highest BCUT2D eigenvalue weighted by molar-refractivity contribution is 7.89. The summed E-state index contributed by atoms with van der Waals surface area (Å²) < 4.78 is 28.5. The van der Waals surface area contributed by atoms with Crippen molar-refractivity contribution in [1.82, 2.24) is 24.3 Å². The molecule has 0 amide bonds. The van der Waals surface area contributed by atoms with Crippen LogP contribution in [0, 0.1) is 0 Å². The van der Waals surface area contributed by atoms with Crippen molar-refractivity contribution >= 4 is 15.8 Å². The molecule has 0 bridgehead atoms. The van der Waals surface area contributed by atoms with Crippen LogP contribution in [0.1, 0.15) is 6.92 Å². The number of rotatable bonds is 6. The number of likely N-dealkylation sites (N-methyl/N-ethyl adjacent to an activating group) is 1. The first-order valence-corrected chi connectivity index (χ1v) is 8.64. The molecule has 9 heteroatoms. The van der Waals surface area contributed by atoms with Crippen molar-refractivity contribution in [1.29, 1.82) is 0 Å². The smallest absolute Gasteiger partial charge is 0.245 e. The van der Waals surface area contributed by atoms with E-state index < -0.39 is 10.0 Å². The minimum atomic E-state index is -3.59. The lowest BCUT2D eigenvalue weighted by molar-refractivity contribution is 0.156. The number of hydrogen-bond donors (Lipinski definition) is 2. The minimum absolute atomic E-state index is 0.0453. The summed E-state index contributed by atoms with van der Waals surface area (Å²) in [6.07, 6.45) is 1.47. The fraction of sp³-hybridized carbons (Fsp3) is 0.750. The molecule has 1 aliphatic rings. The van der Waals surface area contributed by atoms with Gasteiger partial charge in [-0.15, -0.1) is 0 Å². The molecule has 1 aliphatic heterocycles. The van der Waals surface area contributed by atoms with E-state index in [1.807, 2.05) is 6.92 Å². The summed E-state index contributed by atoms with van der Waals surface area (Å²) in [6.45, 7) is 7.51. The van der Waals surface area contributed by atoms with E-state index in [-0.39, 0.29) is 10.7 Å². The van der Waals surface area contributed by atoms with Crippen molar-refractivity contribution in [2.24, 2.45) is 0 Å². The van der Waals surface area contributed by atoms with Gasteiger partial charge in [0, 0.05) is 52.0 Å². The summed E-state index contributed by atoms with van der Waals surface area (Å²) in [6, 6.07) is 0. The maximum Gasteiger partial charge on any atom is 0.245 e. The SMILES string of the molecule is CCn1cc(S(=O)(=O)NCCN2CCN(C)CC2)c(N)n1. The monoisotopic (exact) mass is 316 g/mol. The molecular formula is C12H24N6O2S. The van der Waals surface area contributed by atoms with E-state index >= 15 is 0 Å². The Kier molecular flexibility index (Phi) is 5.20. The van der Waals surface area contributed by atoms with Crippen LogP contribution in [0.3, 0.4) is 0 Å². The molecule has 1 aromatic rings. The Morgan fingerprint density at radius 1 is 1.33 bits per heavy atom. The number of anilines is 1. The summed E-state index contributed by atoms with van der Waals surface area (Å²) in [5.74, 6) is 0.0453. The van der Waals surface area contributed by atoms with Gasteiger partial charge in [-0.1, -0.05) is 0 Å². The van der Waals surface area contributed by atoms with Crippen LogP contribution in [0.4, 0.5) is 5.82 Å². The number of sulfonamides is 1. The molecule has 1 fully saturated rings. The largest absolute Gasteiger partial charge is 0.381 e. The molecule has 8 nitrogen and oxygen atoms in total. The minimum Gasteiger partial charge on any atom is -0.381 e. The van der Waals surface area contributed by atoms with Crippen LogP contribution < -0.4 is 10.5 Å². The third kappa shape index (κ3) is 4.16. The van der Waals surface area contributed by atoms with Crippen molar-refractivity contribution in [3.63, 3.8) is 0 Å². The molecule has 3 N–H and O–H groups in total. The quantitative estimate of drug-likeness (QED) is 0.700. The highest BCUT2D eigenvalue weighted by Gasteiger charge is 2.21. The summed E-state index contributed by atoms with van der Waals surface area (Å²) in [5, 5.41) is 3.96. The zero-order valence-electron chi connectivity index (χ0n) is 12.6. The van der Waals surface area contributed by atoms with Crippen molar-refractivity contribution in [2.75, 3.05) is 52.0 Å². The second-order valence-corrected chi connectivity index (χ2v) is 7.01. The van der Waals surface area contributed by atoms with E-state index in [4.69, 9.17) is 5.73 Å². The summed E-state index contributed by atoms with van der Waals surface area (Å²) in [4.78, 5) is 4.57. The number of hydrogen-bond acceptors (Lipinski definition) is 6. The first-order chi connectivity index (χ1) is 9.92. The summed E-state index contributed by atoms with van der Waals surface area (Å²) in [5.41, 5.74) is 5.67. The molecule has 21 heavy (non-hydrogen) atoms. The van der Waals surface area contributed by atoms with Crippen LogP contribution >= 0.6 is 0 Å². The molecule has 0 radical (unpaired) electrons. The second kappa shape index (κ2) is 6.73. The lowest BCUT2D eigenvalue weighted by atomic mass is 10.3. The van der Waals surface area contributed by atoms with Gasteiger partial charge in [-0.3, -0.25) is 9.58 Å². The number of nitrogen functional groups attached to an aromatic ring is 1. The van der Waals surface area contributed by atoms with Crippen LogP contribution in [0.5, 0.6) is 0 Å². The fourth-order valence-corrected chi connectivity index (χ4v) is 3.37. The van der Waals surface area contributed by atoms with E-state index in [9.17, 15) is 8.42 Å². The molecule has 0 atom stereocenters. The molecule has 0 aliphatic carbocycles. The van der Waals surface area contributed by atoms with Gasteiger partial charge in [0.05, 0.1) is 0 Å². The molecule has 0 unspecified atom stereocenters. The first-order valence-electron chi connectivity index (χ1n) is 7.16. The number of aryl methyl sites for hydroxylation is 1. The van der Waals surface area contributed by atoms with E-state index in [0.717, 1.165) is 26.2 Å². The van der Waals surface area contributed by atoms with E-state index in [2.05, 4.69) is 26.7 Å². The molecule has 1 saturated heterocycles. The number of aromatic nitrogens is 2. The van der Waals surface area contributed by atoms with Gasteiger partial charge in [0.25, 0.3) is 0 Å². The molecule has 0 spiro atoms. The van der Waals surface area contributed by atoms with Crippen molar-refractivity contribution in [2.45, 2.75) is 18.4 Å². The Hall–Kier alpha value is -1.16. The topological polar surface area (TPSA) is 96.5 Å². The van der Waals surface area contributed by atoms with Crippen LogP contribution in [0.2, 0.25) is 0 Å². The third-order valence-electron chi connectivity index (χ3n) is 3.68. The highest BCUT2D eigenvalue weighted by atomic mass is 32.2. The van der Waals surface area contributed by atoms with Crippen molar-refractivity contribution < 1.29 is 8.42 Å². The molecule has 0 aromatic carbocycles. The Morgan fingerprint density at radius 3 is 2.57 bits per heavy atom. The van der Waals surface area contributed by atoms with Gasteiger partial charge in [0.1, 0.15) is 4.90 Å². The Labute approximate surface area is 125 Å². The van der Waals surface area contributed by atoms with Gasteiger partial charge < -0.3 is 10.6 Å². The molecule has 2 heterocycles. The van der Waals surface area contributed by atoms with Crippen LogP contribution in [0.15, 0.2) is 11.1 Å². The van der Waals surface area contributed by atoms with E-state index in [1.165, 1.54) is 10.9 Å². The van der Waals surface area contributed by atoms with E-state index in [0.29, 0.717) is 19.6 Å². The lowest BCUT2D eigenvalue weighted by Crippen LogP contribution is -2.46. The second-order valence-electron chi connectivity index (χ2n) is 5.28. The Bertz CT molecular complexity index is 562. The summed E-state index contributed by atoms with van der Waals surface area (Å²) >= 11 is 0. The molecule has 1 aromatic heterocycles. The Balaban J connectivity index is 1.88. The molecule has 0 saturated carbocycles. The molecule has 120 valence electrons. The zero-order chi connectivity index (χ0) is 15.5. The number of nitrogens with one attached hydrogen (secondary N) is 1. The van der Waals surface area contributed by atoms with Gasteiger partial charge >= 0.3 is 0 Å². The first kappa shape index (κ1) is 16.2. The predicted molar refractivity (Wildman–Crippen MR) is 81.4 cm³/mol.